The number of aliphatic hydroxyl groups is 1. The number of nitrogens with zero attached hydrogens (tertiary/aromatic N) is 3. The number of rotatable bonds is 6. The molecule has 4 aliphatic rings. The molecule has 0 radical (unpaired) electrons. The quantitative estimate of drug-likeness (QED) is 0.641. The molecule has 5 rings (SSSR count). The number of ether oxygens (including phenoxy) is 2. The summed E-state index contributed by atoms with van der Waals surface area (Å²) in [6, 6.07) is 5.37. The van der Waals surface area contributed by atoms with Gasteiger partial charge in [0.2, 0.25) is 5.91 Å². The number of likely N-dealkylation sites (tertiary alicyclic amines) is 1. The molecule has 3 saturated heterocycles. The van der Waals surface area contributed by atoms with Crippen LogP contribution in [-0.2, 0) is 24.7 Å². The van der Waals surface area contributed by atoms with E-state index in [9.17, 15) is 19.5 Å². The van der Waals surface area contributed by atoms with Gasteiger partial charge in [0.25, 0.3) is 5.91 Å². The normalized spacial score (nSPS) is 30.4. The van der Waals surface area contributed by atoms with Crippen LogP contribution < -0.4 is 9.80 Å². The van der Waals surface area contributed by atoms with Crippen LogP contribution in [0.25, 0.3) is 0 Å². The van der Waals surface area contributed by atoms with Gasteiger partial charge >= 0.3 is 6.09 Å². The summed E-state index contributed by atoms with van der Waals surface area (Å²) in [5.74, 6) is -0.382. The SMILES string of the molecule is C=CCN1C(=O)[C@@]2(O[C@@H](CC(=O)N3CCC[C@H]3CO)C[C@H]2C)c2cc(N3CCOC3=O)ccc21. The minimum atomic E-state index is -1.22. The van der Waals surface area contributed by atoms with E-state index < -0.39 is 17.8 Å². The topological polar surface area (TPSA) is 99.6 Å². The highest BCUT2D eigenvalue weighted by Gasteiger charge is 2.60. The van der Waals surface area contributed by atoms with Crippen molar-refractivity contribution < 1.29 is 29.0 Å². The number of benzene rings is 1. The maximum atomic E-state index is 13.8. The van der Waals surface area contributed by atoms with Crippen LogP contribution in [0.1, 0.15) is 38.2 Å². The van der Waals surface area contributed by atoms with E-state index in [1.807, 2.05) is 25.1 Å². The lowest BCUT2D eigenvalue weighted by Crippen LogP contribution is -2.44. The molecule has 1 aromatic carbocycles. The molecule has 34 heavy (non-hydrogen) atoms. The zero-order valence-electron chi connectivity index (χ0n) is 19.4. The van der Waals surface area contributed by atoms with Gasteiger partial charge in [-0.05, 0) is 37.5 Å². The number of carbonyl (C=O) groups excluding carboxylic acids is 3. The van der Waals surface area contributed by atoms with Crippen molar-refractivity contribution in [3.8, 4) is 0 Å². The van der Waals surface area contributed by atoms with E-state index in [0.717, 1.165) is 18.5 Å². The van der Waals surface area contributed by atoms with Gasteiger partial charge in [-0.25, -0.2) is 4.79 Å². The summed E-state index contributed by atoms with van der Waals surface area (Å²) < 4.78 is 11.6. The summed E-state index contributed by atoms with van der Waals surface area (Å²) in [5, 5.41) is 9.59. The van der Waals surface area contributed by atoms with Crippen molar-refractivity contribution in [2.75, 3.05) is 42.6 Å². The van der Waals surface area contributed by atoms with Gasteiger partial charge in [0.15, 0.2) is 5.60 Å². The smallest absolute Gasteiger partial charge is 0.414 e. The Hall–Kier alpha value is -2.91. The summed E-state index contributed by atoms with van der Waals surface area (Å²) in [6.45, 7) is 7.49. The molecule has 0 unspecified atom stereocenters. The molecule has 3 fully saturated rings. The summed E-state index contributed by atoms with van der Waals surface area (Å²) in [5.41, 5.74) is 0.894. The molecule has 3 amide bonds. The van der Waals surface area contributed by atoms with E-state index >= 15 is 0 Å². The van der Waals surface area contributed by atoms with Crippen molar-refractivity contribution in [2.24, 2.45) is 5.92 Å². The Labute approximate surface area is 198 Å². The molecule has 0 saturated carbocycles. The summed E-state index contributed by atoms with van der Waals surface area (Å²) in [4.78, 5) is 43.9. The van der Waals surface area contributed by atoms with Crippen LogP contribution in [0.4, 0.5) is 16.2 Å². The second-order valence-electron chi connectivity index (χ2n) is 9.55. The molecular weight excluding hydrogens is 438 g/mol. The first-order chi connectivity index (χ1) is 16.4. The summed E-state index contributed by atoms with van der Waals surface area (Å²) >= 11 is 0. The van der Waals surface area contributed by atoms with Crippen molar-refractivity contribution in [3.63, 3.8) is 0 Å². The van der Waals surface area contributed by atoms with E-state index in [0.29, 0.717) is 43.9 Å². The summed E-state index contributed by atoms with van der Waals surface area (Å²) in [6.07, 6.45) is 3.27. The van der Waals surface area contributed by atoms with Gasteiger partial charge in [-0.2, -0.15) is 0 Å². The Morgan fingerprint density at radius 1 is 1.32 bits per heavy atom. The Morgan fingerprint density at radius 2 is 2.15 bits per heavy atom. The van der Waals surface area contributed by atoms with Gasteiger partial charge < -0.3 is 24.4 Å². The molecule has 182 valence electrons. The Bertz CT molecular complexity index is 1030. The highest BCUT2D eigenvalue weighted by atomic mass is 16.6. The van der Waals surface area contributed by atoms with Crippen molar-refractivity contribution in [3.05, 3.63) is 36.4 Å². The predicted octanol–water partition coefficient (Wildman–Crippen LogP) is 2.17. The van der Waals surface area contributed by atoms with Crippen molar-refractivity contribution in [2.45, 2.75) is 50.4 Å². The zero-order valence-corrected chi connectivity index (χ0v) is 19.4. The Balaban J connectivity index is 1.46. The predicted molar refractivity (Wildman–Crippen MR) is 124 cm³/mol. The number of carbonyl (C=O) groups is 3. The third-order valence-corrected chi connectivity index (χ3v) is 7.59. The molecule has 1 N–H and O–H groups in total. The fraction of sp³-hybridized carbons (Fsp3) is 0.560. The molecule has 4 heterocycles. The first-order valence-electron chi connectivity index (χ1n) is 12.0. The Kier molecular flexibility index (Phi) is 5.85. The molecule has 0 aliphatic carbocycles. The number of amides is 3. The molecule has 4 atom stereocenters. The second kappa shape index (κ2) is 8.70. The lowest BCUT2D eigenvalue weighted by Gasteiger charge is -2.29. The van der Waals surface area contributed by atoms with Gasteiger partial charge in [0.1, 0.15) is 6.61 Å². The fourth-order valence-corrected chi connectivity index (χ4v) is 5.96. The van der Waals surface area contributed by atoms with Crippen LogP contribution in [0.2, 0.25) is 0 Å². The summed E-state index contributed by atoms with van der Waals surface area (Å²) in [7, 11) is 0. The lowest BCUT2D eigenvalue weighted by atomic mass is 9.82. The van der Waals surface area contributed by atoms with Crippen molar-refractivity contribution >= 4 is 29.3 Å². The number of hydrogen-bond donors (Lipinski definition) is 1. The number of hydrogen-bond acceptors (Lipinski definition) is 6. The molecule has 0 aromatic heterocycles. The minimum Gasteiger partial charge on any atom is -0.447 e. The standard InChI is InChI=1S/C25H31N3O6/c1-3-8-28-21-7-6-17(27-10-11-33-24(27)32)13-20(21)25(23(28)31)16(2)12-19(34-25)14-22(30)26-9-4-5-18(26)15-29/h3,6-7,13,16,18-19,29H,1,4-5,8-12,14-15H2,2H3/t16-,18+,19-,25+/m1/s1. The van der Waals surface area contributed by atoms with Crippen molar-refractivity contribution in [1.82, 2.24) is 4.90 Å². The molecule has 0 bridgehead atoms. The van der Waals surface area contributed by atoms with Crippen LogP contribution in [0.15, 0.2) is 30.9 Å². The van der Waals surface area contributed by atoms with Crippen molar-refractivity contribution in [1.29, 1.82) is 0 Å². The average molecular weight is 470 g/mol. The molecule has 1 spiro atoms. The molecule has 4 aliphatic heterocycles. The maximum absolute atomic E-state index is 13.8. The fourth-order valence-electron chi connectivity index (χ4n) is 5.96. The van der Waals surface area contributed by atoms with Crippen LogP contribution in [0.5, 0.6) is 0 Å². The highest BCUT2D eigenvalue weighted by Crippen LogP contribution is 2.54. The number of cyclic esters (lactones) is 1. The van der Waals surface area contributed by atoms with E-state index in [1.165, 1.54) is 0 Å². The first-order valence-corrected chi connectivity index (χ1v) is 12.0. The van der Waals surface area contributed by atoms with Gasteiger partial charge in [0, 0.05) is 30.3 Å². The number of fused-ring (bicyclic) bond motifs is 2. The van der Waals surface area contributed by atoms with E-state index in [2.05, 4.69) is 6.58 Å². The third-order valence-electron chi connectivity index (χ3n) is 7.59. The Morgan fingerprint density at radius 3 is 2.85 bits per heavy atom. The lowest BCUT2D eigenvalue weighted by molar-refractivity contribution is -0.149. The van der Waals surface area contributed by atoms with Crippen LogP contribution >= 0.6 is 0 Å². The minimum absolute atomic E-state index is 0.0400. The van der Waals surface area contributed by atoms with Gasteiger partial charge in [0.05, 0.1) is 37.4 Å². The van der Waals surface area contributed by atoms with Crippen LogP contribution in [0.3, 0.4) is 0 Å². The largest absolute Gasteiger partial charge is 0.447 e. The number of aliphatic hydroxyl groups excluding tert-OH is 1. The van der Waals surface area contributed by atoms with Crippen LogP contribution in [0, 0.1) is 5.92 Å². The van der Waals surface area contributed by atoms with Crippen LogP contribution in [-0.4, -0.2) is 72.9 Å². The molecule has 9 heteroatoms. The second-order valence-corrected chi connectivity index (χ2v) is 9.55. The maximum Gasteiger partial charge on any atom is 0.414 e. The highest BCUT2D eigenvalue weighted by molar-refractivity contribution is 6.08. The van der Waals surface area contributed by atoms with E-state index in [-0.39, 0.29) is 36.8 Å². The molecule has 1 aromatic rings. The van der Waals surface area contributed by atoms with Gasteiger partial charge in [-0.3, -0.25) is 14.5 Å². The first kappa shape index (κ1) is 22.9. The average Bonchev–Trinajstić information content (AvgIpc) is 3.58. The monoisotopic (exact) mass is 469 g/mol. The number of anilines is 2. The zero-order chi connectivity index (χ0) is 24.0. The van der Waals surface area contributed by atoms with Gasteiger partial charge in [-0.15, -0.1) is 6.58 Å². The molecular formula is C25H31N3O6. The third kappa shape index (κ3) is 3.41. The van der Waals surface area contributed by atoms with E-state index in [4.69, 9.17) is 9.47 Å². The van der Waals surface area contributed by atoms with Gasteiger partial charge in [-0.1, -0.05) is 13.0 Å². The molecule has 9 nitrogen and oxygen atoms in total. The van der Waals surface area contributed by atoms with E-state index in [1.54, 1.807) is 20.8 Å².